The fraction of sp³-hybridized carbons (Fsp3) is 0.188. The molecule has 2 aromatic carbocycles. The second-order valence-electron chi connectivity index (χ2n) is 5.01. The fourth-order valence-corrected chi connectivity index (χ4v) is 3.02. The van der Waals surface area contributed by atoms with Crippen LogP contribution in [0, 0.1) is 0 Å². The number of hydrogen-bond donors (Lipinski definition) is 2. The zero-order valence-electron chi connectivity index (χ0n) is 10.8. The van der Waals surface area contributed by atoms with E-state index >= 15 is 0 Å². The average Bonchev–Trinajstić information content (AvgIpc) is 2.83. The molecule has 0 aromatic heterocycles. The first kappa shape index (κ1) is 13.5. The summed E-state index contributed by atoms with van der Waals surface area (Å²) in [6, 6.07) is 13.6. The van der Waals surface area contributed by atoms with Crippen LogP contribution in [0.2, 0.25) is 5.02 Å². The Labute approximate surface area is 128 Å². The number of hydrogen-bond acceptors (Lipinski definition) is 2. The lowest BCUT2D eigenvalue weighted by Crippen LogP contribution is -2.35. The van der Waals surface area contributed by atoms with Crippen molar-refractivity contribution in [1.29, 1.82) is 0 Å². The highest BCUT2D eigenvalue weighted by molar-refractivity contribution is 7.80. The number of thiol groups is 1. The maximum Gasteiger partial charge on any atom is 0.253 e. The van der Waals surface area contributed by atoms with Crippen molar-refractivity contribution >= 4 is 30.1 Å². The number of nitrogens with one attached hydrogen (secondary N) is 1. The molecule has 0 bridgehead atoms. The van der Waals surface area contributed by atoms with Crippen LogP contribution in [-0.4, -0.2) is 11.9 Å². The Morgan fingerprint density at radius 3 is 2.45 bits per heavy atom. The summed E-state index contributed by atoms with van der Waals surface area (Å²) in [5.74, 6) is -0.135. The van der Waals surface area contributed by atoms with Crippen LogP contribution >= 0.6 is 24.2 Å². The van der Waals surface area contributed by atoms with Gasteiger partial charge >= 0.3 is 0 Å². The summed E-state index contributed by atoms with van der Waals surface area (Å²) >= 11 is 10.3. The second-order valence-corrected chi connectivity index (χ2v) is 5.94. The molecule has 2 nitrogen and oxygen atoms in total. The summed E-state index contributed by atoms with van der Waals surface area (Å²) in [5.41, 5.74) is 3.11. The molecule has 0 saturated heterocycles. The highest BCUT2D eigenvalue weighted by Crippen LogP contribution is 2.23. The van der Waals surface area contributed by atoms with Gasteiger partial charge in [-0.2, -0.15) is 0 Å². The third-order valence-electron chi connectivity index (χ3n) is 3.58. The quantitative estimate of drug-likeness (QED) is 0.817. The molecule has 0 unspecified atom stereocenters. The van der Waals surface area contributed by atoms with Crippen molar-refractivity contribution in [1.82, 2.24) is 5.32 Å². The first-order chi connectivity index (χ1) is 9.63. The maximum atomic E-state index is 12.3. The number of rotatable bonds is 2. The van der Waals surface area contributed by atoms with Gasteiger partial charge in [0, 0.05) is 10.9 Å². The smallest absolute Gasteiger partial charge is 0.253 e. The number of carbonyl (C=O) groups is 1. The van der Waals surface area contributed by atoms with Crippen LogP contribution in [0.1, 0.15) is 21.5 Å². The van der Waals surface area contributed by atoms with Crippen molar-refractivity contribution in [3.05, 3.63) is 64.2 Å². The molecule has 0 fully saturated rings. The molecule has 0 saturated carbocycles. The summed E-state index contributed by atoms with van der Waals surface area (Å²) in [6.45, 7) is 0. The van der Waals surface area contributed by atoms with Gasteiger partial charge in [0.05, 0.1) is 10.6 Å². The molecule has 20 heavy (non-hydrogen) atoms. The third-order valence-corrected chi connectivity index (χ3v) is 4.19. The van der Waals surface area contributed by atoms with Gasteiger partial charge in [0.1, 0.15) is 0 Å². The van der Waals surface area contributed by atoms with E-state index in [0.717, 1.165) is 17.7 Å². The minimum Gasteiger partial charge on any atom is -0.349 e. The fourth-order valence-electron chi connectivity index (χ4n) is 2.61. The number of carbonyl (C=O) groups excluding carboxylic acids is 1. The molecular formula is C16H14ClNOS. The van der Waals surface area contributed by atoms with Crippen molar-refractivity contribution in [2.45, 2.75) is 23.8 Å². The van der Waals surface area contributed by atoms with E-state index in [2.05, 4.69) is 30.1 Å². The van der Waals surface area contributed by atoms with Gasteiger partial charge in [-0.05, 0) is 42.2 Å². The monoisotopic (exact) mass is 303 g/mol. The number of halogens is 1. The van der Waals surface area contributed by atoms with E-state index in [1.165, 1.54) is 11.1 Å². The van der Waals surface area contributed by atoms with Crippen molar-refractivity contribution in [2.75, 3.05) is 0 Å². The highest BCUT2D eigenvalue weighted by atomic mass is 35.5. The van der Waals surface area contributed by atoms with Gasteiger partial charge in [0.15, 0.2) is 0 Å². The van der Waals surface area contributed by atoms with E-state index in [1.807, 2.05) is 12.1 Å². The van der Waals surface area contributed by atoms with E-state index in [9.17, 15) is 4.79 Å². The maximum absolute atomic E-state index is 12.3. The Hall–Kier alpha value is -1.45. The molecule has 102 valence electrons. The standard InChI is InChI=1S/C16H14ClNOS/c17-15-6-5-13(20)9-14(15)16(19)18-12-7-10-3-1-2-4-11(10)8-12/h1-6,9,12,20H,7-8H2,(H,18,19). The molecule has 1 amide bonds. The van der Waals surface area contributed by atoms with Gasteiger partial charge in [0.25, 0.3) is 5.91 Å². The topological polar surface area (TPSA) is 29.1 Å². The van der Waals surface area contributed by atoms with Crippen molar-refractivity contribution in [2.24, 2.45) is 0 Å². The van der Waals surface area contributed by atoms with E-state index < -0.39 is 0 Å². The molecule has 0 atom stereocenters. The molecule has 0 spiro atoms. The van der Waals surface area contributed by atoms with Gasteiger partial charge in [0.2, 0.25) is 0 Å². The molecular weight excluding hydrogens is 290 g/mol. The minimum atomic E-state index is -0.135. The number of amides is 1. The number of fused-ring (bicyclic) bond motifs is 1. The van der Waals surface area contributed by atoms with Crippen LogP contribution in [0.5, 0.6) is 0 Å². The SMILES string of the molecule is O=C(NC1Cc2ccccc2C1)c1cc(S)ccc1Cl. The zero-order chi connectivity index (χ0) is 14.1. The Morgan fingerprint density at radius 1 is 1.15 bits per heavy atom. The first-order valence-corrected chi connectivity index (χ1v) is 7.32. The van der Waals surface area contributed by atoms with E-state index in [1.54, 1.807) is 18.2 Å². The lowest BCUT2D eigenvalue weighted by atomic mass is 10.1. The molecule has 4 heteroatoms. The van der Waals surface area contributed by atoms with Crippen LogP contribution in [0.25, 0.3) is 0 Å². The molecule has 1 aliphatic rings. The lowest BCUT2D eigenvalue weighted by Gasteiger charge is -2.13. The van der Waals surface area contributed by atoms with E-state index in [4.69, 9.17) is 11.6 Å². The van der Waals surface area contributed by atoms with Crippen molar-refractivity contribution in [3.8, 4) is 0 Å². The molecule has 1 aliphatic carbocycles. The van der Waals surface area contributed by atoms with Gasteiger partial charge in [-0.3, -0.25) is 4.79 Å². The Kier molecular flexibility index (Phi) is 3.72. The predicted molar refractivity (Wildman–Crippen MR) is 83.8 cm³/mol. The molecule has 0 radical (unpaired) electrons. The summed E-state index contributed by atoms with van der Waals surface area (Å²) in [6.07, 6.45) is 1.75. The molecule has 2 aromatic rings. The second kappa shape index (κ2) is 5.51. The van der Waals surface area contributed by atoms with Crippen LogP contribution in [0.3, 0.4) is 0 Å². The van der Waals surface area contributed by atoms with Crippen LogP contribution in [-0.2, 0) is 12.8 Å². The summed E-state index contributed by atoms with van der Waals surface area (Å²) in [5, 5.41) is 3.51. The zero-order valence-corrected chi connectivity index (χ0v) is 12.4. The van der Waals surface area contributed by atoms with Crippen LogP contribution in [0.4, 0.5) is 0 Å². The van der Waals surface area contributed by atoms with Crippen LogP contribution in [0.15, 0.2) is 47.4 Å². The molecule has 3 rings (SSSR count). The molecule has 0 aliphatic heterocycles. The van der Waals surface area contributed by atoms with Crippen molar-refractivity contribution in [3.63, 3.8) is 0 Å². The first-order valence-electron chi connectivity index (χ1n) is 6.49. The Balaban J connectivity index is 1.74. The van der Waals surface area contributed by atoms with Gasteiger partial charge in [-0.25, -0.2) is 0 Å². The Bertz CT molecular complexity index is 646. The number of benzene rings is 2. The van der Waals surface area contributed by atoms with E-state index in [0.29, 0.717) is 10.6 Å². The minimum absolute atomic E-state index is 0.135. The normalized spacial score (nSPS) is 14.1. The summed E-state index contributed by atoms with van der Waals surface area (Å²) in [4.78, 5) is 13.0. The molecule has 1 N–H and O–H groups in total. The summed E-state index contributed by atoms with van der Waals surface area (Å²) < 4.78 is 0. The van der Waals surface area contributed by atoms with Crippen molar-refractivity contribution < 1.29 is 4.79 Å². The lowest BCUT2D eigenvalue weighted by molar-refractivity contribution is 0.0938. The average molecular weight is 304 g/mol. The van der Waals surface area contributed by atoms with Gasteiger partial charge < -0.3 is 5.32 Å². The highest BCUT2D eigenvalue weighted by Gasteiger charge is 2.23. The van der Waals surface area contributed by atoms with E-state index in [-0.39, 0.29) is 11.9 Å². The Morgan fingerprint density at radius 2 is 1.80 bits per heavy atom. The third kappa shape index (κ3) is 2.69. The summed E-state index contributed by atoms with van der Waals surface area (Å²) in [7, 11) is 0. The predicted octanol–water partition coefficient (Wildman–Crippen LogP) is 3.53. The molecule has 0 heterocycles. The van der Waals surface area contributed by atoms with Gasteiger partial charge in [-0.1, -0.05) is 35.9 Å². The van der Waals surface area contributed by atoms with Gasteiger partial charge in [-0.15, -0.1) is 12.6 Å². The van der Waals surface area contributed by atoms with Crippen LogP contribution < -0.4 is 5.32 Å². The largest absolute Gasteiger partial charge is 0.349 e.